The van der Waals surface area contributed by atoms with Gasteiger partial charge in [0.25, 0.3) is 0 Å². The van der Waals surface area contributed by atoms with Crippen molar-refractivity contribution in [1.82, 2.24) is 10.6 Å². The smallest absolute Gasteiger partial charge is 0.329 e. The second kappa shape index (κ2) is 8.22. The predicted octanol–water partition coefficient (Wildman–Crippen LogP) is 1.68. The molecule has 0 aliphatic carbocycles. The molecule has 5 nitrogen and oxygen atoms in total. The van der Waals surface area contributed by atoms with E-state index in [9.17, 15) is 9.59 Å². The minimum Gasteiger partial charge on any atom is -0.480 e. The summed E-state index contributed by atoms with van der Waals surface area (Å²) in [7, 11) is 0. The Labute approximate surface area is 107 Å². The summed E-state index contributed by atoms with van der Waals surface area (Å²) in [6, 6.07) is -0.413. The Bertz CT molecular complexity index is 261. The number of thioether (sulfide) groups is 1. The standard InChI is InChI=1S/C11H22N2O3S/c1-4-6-11(2,9(14)15)13-10(16)12-7-5-8-17-3/h4-8H2,1-3H3,(H,14,15)(H2,12,13,16). The molecule has 1 atom stereocenters. The van der Waals surface area contributed by atoms with E-state index >= 15 is 0 Å². The summed E-state index contributed by atoms with van der Waals surface area (Å²) in [5.41, 5.74) is -1.18. The molecule has 0 saturated heterocycles. The molecule has 0 saturated carbocycles. The molecule has 0 aromatic rings. The zero-order valence-corrected chi connectivity index (χ0v) is 11.5. The zero-order valence-electron chi connectivity index (χ0n) is 10.7. The van der Waals surface area contributed by atoms with E-state index in [2.05, 4.69) is 10.6 Å². The lowest BCUT2D eigenvalue weighted by Crippen LogP contribution is -2.55. The van der Waals surface area contributed by atoms with Crippen molar-refractivity contribution in [1.29, 1.82) is 0 Å². The summed E-state index contributed by atoms with van der Waals surface area (Å²) in [5.74, 6) is -0.0237. The number of amides is 2. The van der Waals surface area contributed by atoms with Crippen molar-refractivity contribution in [3.8, 4) is 0 Å². The molecule has 0 aliphatic heterocycles. The van der Waals surface area contributed by atoms with Crippen LogP contribution in [-0.4, -0.2) is 41.2 Å². The van der Waals surface area contributed by atoms with Gasteiger partial charge in [0.1, 0.15) is 5.54 Å². The van der Waals surface area contributed by atoms with Gasteiger partial charge in [-0.2, -0.15) is 11.8 Å². The molecule has 0 aromatic carbocycles. The highest BCUT2D eigenvalue weighted by Crippen LogP contribution is 2.12. The number of hydrogen-bond acceptors (Lipinski definition) is 3. The van der Waals surface area contributed by atoms with E-state index in [0.717, 1.165) is 12.2 Å². The van der Waals surface area contributed by atoms with Gasteiger partial charge in [0.05, 0.1) is 0 Å². The van der Waals surface area contributed by atoms with Crippen LogP contribution in [-0.2, 0) is 4.79 Å². The van der Waals surface area contributed by atoms with Crippen LogP contribution in [0.4, 0.5) is 4.79 Å². The van der Waals surface area contributed by atoms with Gasteiger partial charge in [0, 0.05) is 6.54 Å². The van der Waals surface area contributed by atoms with E-state index in [0.29, 0.717) is 19.4 Å². The number of hydrogen-bond donors (Lipinski definition) is 3. The van der Waals surface area contributed by atoms with Crippen molar-refractivity contribution in [3.63, 3.8) is 0 Å². The van der Waals surface area contributed by atoms with Gasteiger partial charge in [-0.15, -0.1) is 0 Å². The summed E-state index contributed by atoms with van der Waals surface area (Å²) in [6.45, 7) is 3.98. The van der Waals surface area contributed by atoms with Crippen LogP contribution in [0.1, 0.15) is 33.1 Å². The van der Waals surface area contributed by atoms with Gasteiger partial charge in [-0.3, -0.25) is 0 Å². The van der Waals surface area contributed by atoms with Crippen LogP contribution < -0.4 is 10.6 Å². The molecule has 0 aromatic heterocycles. The van der Waals surface area contributed by atoms with Crippen LogP contribution in [0.3, 0.4) is 0 Å². The van der Waals surface area contributed by atoms with Crippen LogP contribution >= 0.6 is 11.8 Å². The van der Waals surface area contributed by atoms with Gasteiger partial charge < -0.3 is 15.7 Å². The number of rotatable bonds is 8. The number of carboxylic acids is 1. The molecule has 2 amide bonds. The van der Waals surface area contributed by atoms with E-state index in [1.54, 1.807) is 11.8 Å². The number of carbonyl (C=O) groups is 2. The highest BCUT2D eigenvalue weighted by Gasteiger charge is 2.33. The lowest BCUT2D eigenvalue weighted by atomic mass is 9.97. The highest BCUT2D eigenvalue weighted by atomic mass is 32.2. The Morgan fingerprint density at radius 3 is 2.53 bits per heavy atom. The first kappa shape index (κ1) is 16.1. The van der Waals surface area contributed by atoms with Gasteiger partial charge >= 0.3 is 12.0 Å². The largest absolute Gasteiger partial charge is 0.480 e. The number of nitrogens with one attached hydrogen (secondary N) is 2. The van der Waals surface area contributed by atoms with Crippen molar-refractivity contribution >= 4 is 23.8 Å². The fraction of sp³-hybridized carbons (Fsp3) is 0.818. The molecule has 100 valence electrons. The molecule has 0 fully saturated rings. The number of carboxylic acid groups (broad SMARTS) is 1. The van der Waals surface area contributed by atoms with Gasteiger partial charge in [-0.25, -0.2) is 9.59 Å². The molecule has 0 heterocycles. The van der Waals surface area contributed by atoms with E-state index in [4.69, 9.17) is 5.11 Å². The molecule has 6 heteroatoms. The van der Waals surface area contributed by atoms with E-state index < -0.39 is 17.5 Å². The summed E-state index contributed by atoms with van der Waals surface area (Å²) >= 11 is 1.71. The quantitative estimate of drug-likeness (QED) is 0.582. The number of aliphatic carboxylic acids is 1. The number of carbonyl (C=O) groups excluding carboxylic acids is 1. The molecule has 0 rings (SSSR count). The third kappa shape index (κ3) is 6.41. The second-order valence-corrected chi connectivity index (χ2v) is 5.10. The Hall–Kier alpha value is -0.910. The van der Waals surface area contributed by atoms with Crippen LogP contribution in [0.15, 0.2) is 0 Å². The molecule has 0 aliphatic rings. The first-order valence-electron chi connectivity index (χ1n) is 5.74. The minimum absolute atomic E-state index is 0.413. The normalized spacial score (nSPS) is 13.8. The minimum atomic E-state index is -1.18. The molecule has 1 unspecified atom stereocenters. The van der Waals surface area contributed by atoms with Crippen LogP contribution in [0.25, 0.3) is 0 Å². The van der Waals surface area contributed by atoms with Crippen LogP contribution in [0.5, 0.6) is 0 Å². The lowest BCUT2D eigenvalue weighted by Gasteiger charge is -2.25. The van der Waals surface area contributed by atoms with Gasteiger partial charge in [0.2, 0.25) is 0 Å². The SMILES string of the molecule is CCCC(C)(NC(=O)NCCCSC)C(=O)O. The summed E-state index contributed by atoms with van der Waals surface area (Å²) < 4.78 is 0. The average Bonchev–Trinajstić information content (AvgIpc) is 2.24. The molecular formula is C11H22N2O3S. The third-order valence-corrected chi connectivity index (χ3v) is 3.12. The lowest BCUT2D eigenvalue weighted by molar-refractivity contribution is -0.144. The molecule has 0 spiro atoms. The second-order valence-electron chi connectivity index (χ2n) is 4.11. The Kier molecular flexibility index (Phi) is 7.78. The van der Waals surface area contributed by atoms with Crippen LogP contribution in [0, 0.1) is 0 Å². The molecular weight excluding hydrogens is 240 g/mol. The zero-order chi connectivity index (χ0) is 13.3. The Morgan fingerprint density at radius 1 is 1.41 bits per heavy atom. The van der Waals surface area contributed by atoms with Crippen molar-refractivity contribution in [2.75, 3.05) is 18.6 Å². The van der Waals surface area contributed by atoms with Crippen molar-refractivity contribution < 1.29 is 14.7 Å². The van der Waals surface area contributed by atoms with E-state index in [1.165, 1.54) is 6.92 Å². The predicted molar refractivity (Wildman–Crippen MR) is 70.5 cm³/mol. The first-order valence-corrected chi connectivity index (χ1v) is 7.14. The maximum atomic E-state index is 11.5. The Balaban J connectivity index is 4.09. The summed E-state index contributed by atoms with van der Waals surface area (Å²) in [5, 5.41) is 14.3. The van der Waals surface area contributed by atoms with Crippen molar-refractivity contribution in [2.45, 2.75) is 38.6 Å². The van der Waals surface area contributed by atoms with Crippen LogP contribution in [0.2, 0.25) is 0 Å². The maximum Gasteiger partial charge on any atom is 0.329 e. The van der Waals surface area contributed by atoms with Gasteiger partial charge in [-0.1, -0.05) is 13.3 Å². The average molecular weight is 262 g/mol. The fourth-order valence-electron chi connectivity index (χ4n) is 1.44. The van der Waals surface area contributed by atoms with E-state index in [-0.39, 0.29) is 0 Å². The molecule has 3 N–H and O–H groups in total. The van der Waals surface area contributed by atoms with Crippen molar-refractivity contribution in [3.05, 3.63) is 0 Å². The molecule has 0 radical (unpaired) electrons. The summed E-state index contributed by atoms with van der Waals surface area (Å²) in [4.78, 5) is 22.6. The highest BCUT2D eigenvalue weighted by molar-refractivity contribution is 7.98. The summed E-state index contributed by atoms with van der Waals surface area (Å²) in [6.07, 6.45) is 4.01. The fourth-order valence-corrected chi connectivity index (χ4v) is 1.87. The van der Waals surface area contributed by atoms with Crippen molar-refractivity contribution in [2.24, 2.45) is 0 Å². The maximum absolute atomic E-state index is 11.5. The Morgan fingerprint density at radius 2 is 2.06 bits per heavy atom. The monoisotopic (exact) mass is 262 g/mol. The van der Waals surface area contributed by atoms with Gasteiger partial charge in [0.15, 0.2) is 0 Å². The topological polar surface area (TPSA) is 78.4 Å². The molecule has 17 heavy (non-hydrogen) atoms. The van der Waals surface area contributed by atoms with Gasteiger partial charge in [-0.05, 0) is 31.8 Å². The molecule has 0 bridgehead atoms. The third-order valence-electron chi connectivity index (χ3n) is 2.42. The van der Waals surface area contributed by atoms with E-state index in [1.807, 2.05) is 13.2 Å². The first-order chi connectivity index (χ1) is 7.96. The number of urea groups is 1.